The van der Waals surface area contributed by atoms with Crippen molar-refractivity contribution in [3.05, 3.63) is 109 Å². The highest BCUT2D eigenvalue weighted by atomic mass is 16.5. The van der Waals surface area contributed by atoms with Crippen molar-refractivity contribution in [2.45, 2.75) is 19.9 Å². The number of hydrogen-bond acceptors (Lipinski definition) is 5. The monoisotopic (exact) mass is 511 g/mol. The van der Waals surface area contributed by atoms with Crippen molar-refractivity contribution >= 4 is 49.6 Å². The molecule has 4 heterocycles. The van der Waals surface area contributed by atoms with E-state index in [4.69, 9.17) is 23.8 Å². The van der Waals surface area contributed by atoms with Crippen LogP contribution in [0.25, 0.3) is 49.6 Å². The van der Waals surface area contributed by atoms with Gasteiger partial charge in [0.15, 0.2) is 0 Å². The summed E-state index contributed by atoms with van der Waals surface area (Å²) < 4.78 is 22.0. The molecule has 0 amide bonds. The number of aromatic nitrogens is 2. The van der Waals surface area contributed by atoms with Gasteiger partial charge in [-0.25, -0.2) is 4.68 Å². The van der Waals surface area contributed by atoms with E-state index >= 15 is 0 Å². The quantitative estimate of drug-likeness (QED) is 0.223. The van der Waals surface area contributed by atoms with E-state index in [1.807, 2.05) is 89.1 Å². The summed E-state index contributed by atoms with van der Waals surface area (Å²) in [6.07, 6.45) is 2.00. The van der Waals surface area contributed by atoms with Gasteiger partial charge in [-0.2, -0.15) is 0 Å². The largest absolute Gasteiger partial charge is 0.456 e. The first-order valence-electron chi connectivity index (χ1n) is 12.9. The molecule has 4 aromatic carbocycles. The second-order valence-electron chi connectivity index (χ2n) is 9.89. The fourth-order valence-corrected chi connectivity index (χ4v) is 5.42. The van der Waals surface area contributed by atoms with Gasteiger partial charge >= 0.3 is 0 Å². The zero-order valence-electron chi connectivity index (χ0n) is 21.3. The van der Waals surface area contributed by atoms with Gasteiger partial charge in [-0.15, -0.1) is 5.10 Å². The Kier molecular flexibility index (Phi) is 4.58. The highest BCUT2D eigenvalue weighted by Crippen LogP contribution is 2.34. The van der Waals surface area contributed by atoms with E-state index < -0.39 is 0 Å². The van der Waals surface area contributed by atoms with E-state index in [0.29, 0.717) is 11.8 Å². The first-order valence-corrected chi connectivity index (χ1v) is 12.9. The first-order chi connectivity index (χ1) is 19.1. The zero-order chi connectivity index (χ0) is 26.1. The van der Waals surface area contributed by atoms with E-state index in [2.05, 4.69) is 31.2 Å². The molecule has 1 aliphatic heterocycles. The van der Waals surface area contributed by atoms with Crippen molar-refractivity contribution in [1.29, 1.82) is 0 Å². The van der Waals surface area contributed by atoms with Gasteiger partial charge in [0.1, 0.15) is 22.3 Å². The van der Waals surface area contributed by atoms with E-state index in [-0.39, 0.29) is 6.04 Å². The van der Waals surface area contributed by atoms with E-state index in [1.54, 1.807) is 0 Å². The Labute approximate surface area is 222 Å². The van der Waals surface area contributed by atoms with Crippen LogP contribution >= 0.6 is 0 Å². The smallest absolute Gasteiger partial charge is 0.288 e. The van der Waals surface area contributed by atoms with Crippen molar-refractivity contribution < 1.29 is 18.3 Å². The number of azo groups is 2. The highest BCUT2D eigenvalue weighted by molar-refractivity contribution is 6.06. The molecule has 0 fully saturated rings. The number of ether oxygens (including phenoxy) is 1. The highest BCUT2D eigenvalue weighted by Gasteiger charge is 2.29. The van der Waals surface area contributed by atoms with Crippen LogP contribution in [-0.2, 0) is 0 Å². The zero-order valence-corrected chi connectivity index (χ0v) is 21.3. The first kappa shape index (κ1) is 21.9. The van der Waals surface area contributed by atoms with Crippen LogP contribution in [0.2, 0.25) is 0 Å². The molecule has 0 N–H and O–H groups in total. The predicted molar refractivity (Wildman–Crippen MR) is 150 cm³/mol. The lowest BCUT2D eigenvalue weighted by Crippen LogP contribution is -2.10. The minimum atomic E-state index is 0.0237. The van der Waals surface area contributed by atoms with Crippen LogP contribution in [0, 0.1) is 6.92 Å². The summed E-state index contributed by atoms with van der Waals surface area (Å²) in [5, 5.41) is 13.8. The second kappa shape index (κ2) is 8.16. The van der Waals surface area contributed by atoms with Crippen LogP contribution in [0.5, 0.6) is 5.88 Å². The number of nitrogens with zero attached hydrogens (tertiary/aromatic N) is 4. The molecule has 0 aliphatic carbocycles. The lowest BCUT2D eigenvalue weighted by molar-refractivity contribution is -0.528. The van der Waals surface area contributed by atoms with Crippen molar-refractivity contribution in [3.63, 3.8) is 0 Å². The fourth-order valence-electron chi connectivity index (χ4n) is 5.42. The van der Waals surface area contributed by atoms with Gasteiger partial charge < -0.3 is 13.6 Å². The molecule has 0 saturated carbocycles. The molecule has 39 heavy (non-hydrogen) atoms. The summed E-state index contributed by atoms with van der Waals surface area (Å²) in [7, 11) is 0. The average Bonchev–Trinajstić information content (AvgIpc) is 3.70. The summed E-state index contributed by atoms with van der Waals surface area (Å²) in [5.41, 5.74) is 6.33. The molecule has 7 heteroatoms. The van der Waals surface area contributed by atoms with Gasteiger partial charge in [-0.05, 0) is 43.3 Å². The summed E-state index contributed by atoms with van der Waals surface area (Å²) >= 11 is 0. The number of furan rings is 2. The van der Waals surface area contributed by atoms with Gasteiger partial charge in [0.25, 0.3) is 5.88 Å². The molecule has 188 valence electrons. The maximum absolute atomic E-state index is 6.15. The summed E-state index contributed by atoms with van der Waals surface area (Å²) in [6, 6.07) is 30.3. The molecule has 7 aromatic rings. The minimum absolute atomic E-state index is 0.0237. The molecule has 1 aliphatic rings. The third kappa shape index (κ3) is 3.47. The molecule has 0 spiro atoms. The fraction of sp³-hybridized carbons (Fsp3) is 0.0938. The molecule has 1 unspecified atom stereocenters. The number of fused-ring (bicyclic) bond motifs is 6. The molecular weight excluding hydrogens is 488 g/mol. The van der Waals surface area contributed by atoms with Crippen LogP contribution in [0.1, 0.15) is 12.6 Å². The Hall–Kier alpha value is -5.17. The topological polar surface area (TPSA) is 68.7 Å². The Morgan fingerprint density at radius 3 is 2.13 bits per heavy atom. The van der Waals surface area contributed by atoms with Crippen molar-refractivity contribution in [1.82, 2.24) is 9.78 Å². The molecule has 3 aromatic heterocycles. The van der Waals surface area contributed by atoms with Crippen LogP contribution in [0.3, 0.4) is 0 Å². The lowest BCUT2D eigenvalue weighted by Gasteiger charge is -2.04. The number of benzene rings is 4. The molecule has 7 nitrogen and oxygen atoms in total. The summed E-state index contributed by atoms with van der Waals surface area (Å²) in [4.78, 5) is 0. The average molecular weight is 512 g/mol. The van der Waals surface area contributed by atoms with Crippen LogP contribution in [0.15, 0.2) is 117 Å². The lowest BCUT2D eigenvalue weighted by atomic mass is 10.1. The van der Waals surface area contributed by atoms with Crippen LogP contribution in [-0.4, -0.2) is 20.5 Å². The van der Waals surface area contributed by atoms with Crippen molar-refractivity contribution in [2.24, 2.45) is 5.11 Å². The minimum Gasteiger partial charge on any atom is -0.456 e. The number of aryl methyl sites for hydroxylation is 1. The van der Waals surface area contributed by atoms with Gasteiger partial charge in [0, 0.05) is 57.5 Å². The molecule has 0 bridgehead atoms. The van der Waals surface area contributed by atoms with Gasteiger partial charge in [0.05, 0.1) is 11.8 Å². The third-order valence-electron chi connectivity index (χ3n) is 7.28. The van der Waals surface area contributed by atoms with Crippen molar-refractivity contribution in [3.8, 4) is 11.6 Å². The van der Waals surface area contributed by atoms with Crippen molar-refractivity contribution in [2.75, 3.05) is 0 Å². The normalized spacial score (nSPS) is 15.5. The molecule has 0 saturated heterocycles. The van der Waals surface area contributed by atoms with Crippen LogP contribution in [0.4, 0.5) is 5.69 Å². The second-order valence-corrected chi connectivity index (χ2v) is 9.89. The van der Waals surface area contributed by atoms with E-state index in [9.17, 15) is 0 Å². The Bertz CT molecular complexity index is 2140. The summed E-state index contributed by atoms with van der Waals surface area (Å²) in [6.45, 7) is 4.10. The standard InChI is InChI=1S/C32H23N4O3/c1-19-15-31(33-35(19)21-11-13-29-25(17-21)23-7-3-5-9-27(23)37-29)39-32-16-20(2)36(34-32)22-12-14-30-26(18-22)24-8-4-6-10-28(24)38-30/h3-19H,1-2H3/q+1. The van der Waals surface area contributed by atoms with Crippen LogP contribution < -0.4 is 4.74 Å². The predicted octanol–water partition coefficient (Wildman–Crippen LogP) is 8.40. The molecule has 8 rings (SSSR count). The third-order valence-corrected chi connectivity index (χ3v) is 7.28. The molecule has 0 radical (unpaired) electrons. The number of hydrogen-bond donors (Lipinski definition) is 0. The van der Waals surface area contributed by atoms with Gasteiger partial charge in [0.2, 0.25) is 17.6 Å². The Morgan fingerprint density at radius 2 is 1.38 bits per heavy atom. The summed E-state index contributed by atoms with van der Waals surface area (Å²) in [5.74, 6) is 1.01. The van der Waals surface area contributed by atoms with Gasteiger partial charge in [-0.3, -0.25) is 0 Å². The number of para-hydroxylation sites is 2. The number of rotatable bonds is 4. The van der Waals surface area contributed by atoms with Gasteiger partial charge in [-0.1, -0.05) is 41.1 Å². The van der Waals surface area contributed by atoms with E-state index in [0.717, 1.165) is 60.9 Å². The Morgan fingerprint density at radius 1 is 0.744 bits per heavy atom. The Balaban J connectivity index is 1.10. The maximum Gasteiger partial charge on any atom is 0.288 e. The molecule has 1 atom stereocenters. The van der Waals surface area contributed by atoms with E-state index in [1.165, 1.54) is 0 Å². The SMILES string of the molecule is Cc1cc(OC2=CC(C)[N+](c3ccc4oc5ccccc5c4c3)=N2)nn1-c1ccc2oc3ccccc3c2c1. The maximum atomic E-state index is 6.15. The molecular formula is C32H23N4O3+.